The molecule has 0 aliphatic carbocycles. The van der Waals surface area contributed by atoms with E-state index in [1.807, 2.05) is 0 Å². The summed E-state index contributed by atoms with van der Waals surface area (Å²) in [5, 5.41) is 13.7. The number of nitro groups is 1. The summed E-state index contributed by atoms with van der Waals surface area (Å²) in [5.74, 6) is -1.74. The molecule has 0 heterocycles. The lowest BCUT2D eigenvalue weighted by molar-refractivity contribution is -0.385. The molecule has 0 amide bonds. The Hall–Kier alpha value is -2.70. The summed E-state index contributed by atoms with van der Waals surface area (Å²) in [6, 6.07) is 8.12. The quantitative estimate of drug-likeness (QED) is 0.677. The predicted molar refractivity (Wildman–Crippen MR) is 73.3 cm³/mol. The smallest absolute Gasteiger partial charge is 0.312 e. The molecule has 0 radical (unpaired) electrons. The Bertz CT molecular complexity index is 677. The van der Waals surface area contributed by atoms with E-state index < -0.39 is 16.6 Å². The third-order valence-corrected chi connectivity index (χ3v) is 2.89. The topological polar surface area (TPSA) is 64.4 Å². The van der Waals surface area contributed by atoms with E-state index in [1.165, 1.54) is 31.4 Å². The highest BCUT2D eigenvalue weighted by Crippen LogP contribution is 2.29. The second-order valence-corrected chi connectivity index (χ2v) is 4.21. The molecule has 0 aliphatic heterocycles. The first-order valence-corrected chi connectivity index (χ1v) is 6.02. The van der Waals surface area contributed by atoms with Crippen molar-refractivity contribution in [1.82, 2.24) is 0 Å². The second-order valence-electron chi connectivity index (χ2n) is 4.21. The number of rotatable bonds is 5. The van der Waals surface area contributed by atoms with Gasteiger partial charge in [0.15, 0.2) is 17.4 Å². The standard InChI is InChI=1S/C14H12F2N2O3/c1-21-13-6-5-10(7-12(13)18(19)20)17-8-9-3-2-4-11(15)14(9)16/h2-7,17H,8H2,1H3. The molecule has 1 N–H and O–H groups in total. The molecule has 2 rings (SSSR count). The van der Waals surface area contributed by atoms with Crippen molar-refractivity contribution < 1.29 is 18.4 Å². The normalized spacial score (nSPS) is 10.2. The Morgan fingerprint density at radius 1 is 1.29 bits per heavy atom. The summed E-state index contributed by atoms with van der Waals surface area (Å²) in [4.78, 5) is 10.3. The van der Waals surface area contributed by atoms with Gasteiger partial charge in [0, 0.05) is 23.9 Å². The molecule has 0 aliphatic rings. The molecule has 0 saturated carbocycles. The molecule has 5 nitrogen and oxygen atoms in total. The Morgan fingerprint density at radius 2 is 2.05 bits per heavy atom. The van der Waals surface area contributed by atoms with E-state index >= 15 is 0 Å². The number of nitro benzene ring substituents is 1. The maximum atomic E-state index is 13.5. The molecule has 2 aromatic rings. The average molecular weight is 294 g/mol. The van der Waals surface area contributed by atoms with Gasteiger partial charge in [0.2, 0.25) is 0 Å². The minimum atomic E-state index is -0.937. The number of anilines is 1. The van der Waals surface area contributed by atoms with E-state index in [1.54, 1.807) is 6.07 Å². The van der Waals surface area contributed by atoms with Gasteiger partial charge in [-0.15, -0.1) is 0 Å². The molecule has 0 bridgehead atoms. The molecule has 0 saturated heterocycles. The number of benzene rings is 2. The van der Waals surface area contributed by atoms with E-state index in [0.717, 1.165) is 6.07 Å². The fourth-order valence-corrected chi connectivity index (χ4v) is 1.82. The molecular weight excluding hydrogens is 282 g/mol. The Balaban J connectivity index is 2.19. The molecule has 0 spiro atoms. The summed E-state index contributed by atoms with van der Waals surface area (Å²) in [5.41, 5.74) is 0.335. The van der Waals surface area contributed by atoms with Gasteiger partial charge in [-0.1, -0.05) is 12.1 Å². The Labute approximate surface area is 119 Å². The lowest BCUT2D eigenvalue weighted by Crippen LogP contribution is -2.04. The van der Waals surface area contributed by atoms with Crippen LogP contribution < -0.4 is 10.1 Å². The second kappa shape index (κ2) is 6.17. The number of methoxy groups -OCH3 is 1. The molecular formula is C14H12F2N2O3. The van der Waals surface area contributed by atoms with Gasteiger partial charge in [-0.2, -0.15) is 0 Å². The van der Waals surface area contributed by atoms with Crippen LogP contribution in [-0.4, -0.2) is 12.0 Å². The first-order chi connectivity index (χ1) is 10.0. The summed E-state index contributed by atoms with van der Waals surface area (Å²) in [7, 11) is 1.33. The van der Waals surface area contributed by atoms with Gasteiger partial charge >= 0.3 is 5.69 Å². The maximum Gasteiger partial charge on any atom is 0.312 e. The van der Waals surface area contributed by atoms with Crippen LogP contribution in [0.3, 0.4) is 0 Å². The molecule has 2 aromatic carbocycles. The van der Waals surface area contributed by atoms with E-state index in [2.05, 4.69) is 5.32 Å². The third-order valence-electron chi connectivity index (χ3n) is 2.89. The van der Waals surface area contributed by atoms with Gasteiger partial charge in [0.1, 0.15) is 0 Å². The zero-order valence-corrected chi connectivity index (χ0v) is 11.1. The van der Waals surface area contributed by atoms with Crippen molar-refractivity contribution in [3.8, 4) is 5.75 Å². The minimum absolute atomic E-state index is 0.00702. The fraction of sp³-hybridized carbons (Fsp3) is 0.143. The van der Waals surface area contributed by atoms with Gasteiger partial charge in [0.25, 0.3) is 0 Å². The molecule has 21 heavy (non-hydrogen) atoms. The van der Waals surface area contributed by atoms with Crippen LogP contribution in [0.2, 0.25) is 0 Å². The summed E-state index contributed by atoms with van der Waals surface area (Å²) >= 11 is 0. The summed E-state index contributed by atoms with van der Waals surface area (Å²) in [6.07, 6.45) is 0. The molecule has 0 aromatic heterocycles. The van der Waals surface area contributed by atoms with Crippen molar-refractivity contribution in [2.24, 2.45) is 0 Å². The number of nitrogens with zero attached hydrogens (tertiary/aromatic N) is 1. The lowest BCUT2D eigenvalue weighted by atomic mass is 10.2. The van der Waals surface area contributed by atoms with Gasteiger partial charge < -0.3 is 10.1 Å². The largest absolute Gasteiger partial charge is 0.490 e. The molecule has 110 valence electrons. The predicted octanol–water partition coefficient (Wildman–Crippen LogP) is 3.49. The van der Waals surface area contributed by atoms with Crippen molar-refractivity contribution in [1.29, 1.82) is 0 Å². The molecule has 0 fully saturated rings. The van der Waals surface area contributed by atoms with Crippen LogP contribution in [0.15, 0.2) is 36.4 Å². The van der Waals surface area contributed by atoms with Crippen molar-refractivity contribution >= 4 is 11.4 Å². The van der Waals surface area contributed by atoms with Crippen molar-refractivity contribution in [3.63, 3.8) is 0 Å². The number of halogens is 2. The maximum absolute atomic E-state index is 13.5. The zero-order chi connectivity index (χ0) is 15.4. The monoisotopic (exact) mass is 294 g/mol. The number of hydrogen-bond acceptors (Lipinski definition) is 4. The summed E-state index contributed by atoms with van der Waals surface area (Å²) < 4.78 is 31.4. The van der Waals surface area contributed by atoms with Crippen LogP contribution in [0.5, 0.6) is 5.75 Å². The van der Waals surface area contributed by atoms with Gasteiger partial charge in [-0.3, -0.25) is 10.1 Å². The average Bonchev–Trinajstić information content (AvgIpc) is 2.48. The fourth-order valence-electron chi connectivity index (χ4n) is 1.82. The zero-order valence-electron chi connectivity index (χ0n) is 11.1. The van der Waals surface area contributed by atoms with Crippen LogP contribution in [0.1, 0.15) is 5.56 Å². The van der Waals surface area contributed by atoms with Crippen LogP contribution in [0.25, 0.3) is 0 Å². The van der Waals surface area contributed by atoms with Crippen molar-refractivity contribution in [3.05, 3.63) is 63.7 Å². The van der Waals surface area contributed by atoms with E-state index in [9.17, 15) is 18.9 Å². The third kappa shape index (κ3) is 3.25. The lowest BCUT2D eigenvalue weighted by Gasteiger charge is -2.09. The van der Waals surface area contributed by atoms with Gasteiger partial charge in [-0.25, -0.2) is 8.78 Å². The number of nitrogens with one attached hydrogen (secondary N) is 1. The first kappa shape index (κ1) is 14.7. The first-order valence-electron chi connectivity index (χ1n) is 6.02. The van der Waals surface area contributed by atoms with Gasteiger partial charge in [0.05, 0.1) is 12.0 Å². The molecule has 7 heteroatoms. The van der Waals surface area contributed by atoms with Gasteiger partial charge in [-0.05, 0) is 18.2 Å². The van der Waals surface area contributed by atoms with Crippen LogP contribution in [-0.2, 0) is 6.54 Å². The van der Waals surface area contributed by atoms with Crippen LogP contribution in [0, 0.1) is 21.7 Å². The van der Waals surface area contributed by atoms with E-state index in [0.29, 0.717) is 5.69 Å². The minimum Gasteiger partial charge on any atom is -0.490 e. The highest BCUT2D eigenvalue weighted by molar-refractivity contribution is 5.58. The van der Waals surface area contributed by atoms with E-state index in [4.69, 9.17) is 4.74 Å². The number of ether oxygens (including phenoxy) is 1. The van der Waals surface area contributed by atoms with Crippen molar-refractivity contribution in [2.45, 2.75) is 6.54 Å². The van der Waals surface area contributed by atoms with Crippen molar-refractivity contribution in [2.75, 3.05) is 12.4 Å². The van der Waals surface area contributed by atoms with E-state index in [-0.39, 0.29) is 23.5 Å². The number of hydrogen-bond donors (Lipinski definition) is 1. The SMILES string of the molecule is COc1ccc(NCc2cccc(F)c2F)cc1[N+](=O)[O-]. The van der Waals surface area contributed by atoms with Crippen LogP contribution in [0.4, 0.5) is 20.2 Å². The Morgan fingerprint density at radius 3 is 2.71 bits per heavy atom. The summed E-state index contributed by atoms with van der Waals surface area (Å²) in [6.45, 7) is 0.00702. The Kier molecular flexibility index (Phi) is 4.32. The van der Waals surface area contributed by atoms with Crippen LogP contribution >= 0.6 is 0 Å². The highest BCUT2D eigenvalue weighted by atomic mass is 19.2. The highest BCUT2D eigenvalue weighted by Gasteiger charge is 2.15. The molecule has 0 atom stereocenters. The molecule has 0 unspecified atom stereocenters.